The number of rotatable bonds is 8. The van der Waals surface area contributed by atoms with Crippen molar-refractivity contribution in [1.29, 1.82) is 10.5 Å². The van der Waals surface area contributed by atoms with Crippen LogP contribution in [0, 0.1) is 28.5 Å². The second-order valence-electron chi connectivity index (χ2n) is 6.64. The van der Waals surface area contributed by atoms with Gasteiger partial charge >= 0.3 is 0 Å². The van der Waals surface area contributed by atoms with Crippen LogP contribution in [0.2, 0.25) is 5.02 Å². The van der Waals surface area contributed by atoms with Gasteiger partial charge in [0, 0.05) is 13.1 Å². The first-order valence-corrected chi connectivity index (χ1v) is 10.9. The number of halogens is 2. The van der Waals surface area contributed by atoms with Crippen molar-refractivity contribution in [3.63, 3.8) is 0 Å². The average molecular weight is 470 g/mol. The van der Waals surface area contributed by atoms with Gasteiger partial charge in [0.2, 0.25) is 5.91 Å². The number of para-hydroxylation sites is 1. The van der Waals surface area contributed by atoms with Crippen molar-refractivity contribution in [2.45, 2.75) is 18.0 Å². The van der Waals surface area contributed by atoms with Crippen molar-refractivity contribution in [2.24, 2.45) is 0 Å². The number of nitrogens with zero attached hydrogens (tertiary/aromatic N) is 5. The molecule has 0 N–H and O–H groups in total. The fourth-order valence-corrected chi connectivity index (χ4v) is 4.10. The SMILES string of the molecule is N#CCCN(CCC#N)C(=O)CSc1nc2ccccc2c(=O)n1-c1ccc(F)c(Cl)c1. The van der Waals surface area contributed by atoms with E-state index >= 15 is 0 Å². The Labute approximate surface area is 192 Å². The number of hydrogen-bond donors (Lipinski definition) is 0. The third kappa shape index (κ3) is 5.25. The van der Waals surface area contributed by atoms with Crippen molar-refractivity contribution in [3.05, 3.63) is 63.7 Å². The minimum Gasteiger partial charge on any atom is -0.340 e. The van der Waals surface area contributed by atoms with E-state index in [9.17, 15) is 14.0 Å². The molecule has 0 aliphatic rings. The summed E-state index contributed by atoms with van der Waals surface area (Å²) in [5.74, 6) is -0.963. The molecule has 0 spiro atoms. The molecule has 0 radical (unpaired) electrons. The molecule has 0 fully saturated rings. The Kier molecular flexibility index (Phi) is 7.82. The lowest BCUT2D eigenvalue weighted by Gasteiger charge is -2.20. The largest absolute Gasteiger partial charge is 0.340 e. The van der Waals surface area contributed by atoms with Crippen LogP contribution in [-0.2, 0) is 4.79 Å². The van der Waals surface area contributed by atoms with Crippen LogP contribution in [0.3, 0.4) is 0 Å². The normalized spacial score (nSPS) is 10.5. The summed E-state index contributed by atoms with van der Waals surface area (Å²) >= 11 is 6.96. The van der Waals surface area contributed by atoms with Crippen LogP contribution in [0.1, 0.15) is 12.8 Å². The summed E-state index contributed by atoms with van der Waals surface area (Å²) < 4.78 is 15.0. The highest BCUT2D eigenvalue weighted by atomic mass is 35.5. The number of aromatic nitrogens is 2. The average Bonchev–Trinajstić information content (AvgIpc) is 2.79. The molecular weight excluding hydrogens is 453 g/mol. The van der Waals surface area contributed by atoms with Crippen LogP contribution < -0.4 is 5.56 Å². The Balaban J connectivity index is 1.99. The van der Waals surface area contributed by atoms with Gasteiger partial charge in [0.1, 0.15) is 5.82 Å². The Bertz CT molecular complexity index is 1280. The first-order valence-electron chi connectivity index (χ1n) is 9.58. The Morgan fingerprint density at radius 3 is 2.50 bits per heavy atom. The second-order valence-corrected chi connectivity index (χ2v) is 7.99. The van der Waals surface area contributed by atoms with Gasteiger partial charge in [-0.2, -0.15) is 10.5 Å². The van der Waals surface area contributed by atoms with Crippen LogP contribution in [0.15, 0.2) is 52.4 Å². The van der Waals surface area contributed by atoms with Crippen LogP contribution in [0.4, 0.5) is 4.39 Å². The summed E-state index contributed by atoms with van der Waals surface area (Å²) in [6.45, 7) is 0.423. The van der Waals surface area contributed by atoms with E-state index in [1.165, 1.54) is 21.6 Å². The van der Waals surface area contributed by atoms with Crippen LogP contribution in [-0.4, -0.2) is 39.2 Å². The molecule has 0 saturated carbocycles. The van der Waals surface area contributed by atoms with Crippen molar-refractivity contribution < 1.29 is 9.18 Å². The molecule has 0 atom stereocenters. The summed E-state index contributed by atoms with van der Waals surface area (Å²) in [4.78, 5) is 31.9. The molecule has 0 saturated heterocycles. The lowest BCUT2D eigenvalue weighted by atomic mass is 10.2. The maximum Gasteiger partial charge on any atom is 0.266 e. The van der Waals surface area contributed by atoms with Gasteiger partial charge < -0.3 is 4.90 Å². The van der Waals surface area contributed by atoms with E-state index in [1.807, 2.05) is 12.1 Å². The minimum absolute atomic E-state index is 0.0590. The van der Waals surface area contributed by atoms with Gasteiger partial charge in [-0.1, -0.05) is 35.5 Å². The van der Waals surface area contributed by atoms with E-state index in [4.69, 9.17) is 22.1 Å². The maximum absolute atomic E-state index is 13.7. The van der Waals surface area contributed by atoms with Gasteiger partial charge in [0.25, 0.3) is 5.56 Å². The zero-order chi connectivity index (χ0) is 23.1. The fourth-order valence-electron chi connectivity index (χ4n) is 3.01. The first-order chi connectivity index (χ1) is 15.5. The van der Waals surface area contributed by atoms with E-state index < -0.39 is 5.82 Å². The van der Waals surface area contributed by atoms with E-state index in [0.717, 1.165) is 17.8 Å². The number of amides is 1. The molecule has 7 nitrogen and oxygen atoms in total. The Morgan fingerprint density at radius 2 is 1.84 bits per heavy atom. The number of hydrogen-bond acceptors (Lipinski definition) is 6. The summed E-state index contributed by atoms with van der Waals surface area (Å²) in [6.07, 6.45) is 0.295. The van der Waals surface area contributed by atoms with Gasteiger partial charge in [-0.15, -0.1) is 0 Å². The molecule has 0 aliphatic heterocycles. The molecular formula is C22H17ClFN5O2S. The molecule has 1 heterocycles. The molecule has 10 heteroatoms. The van der Waals surface area contributed by atoms with E-state index in [1.54, 1.807) is 24.3 Å². The highest BCUT2D eigenvalue weighted by molar-refractivity contribution is 7.99. The number of nitriles is 2. The molecule has 3 aromatic rings. The van der Waals surface area contributed by atoms with Gasteiger partial charge in [-0.05, 0) is 30.3 Å². The second kappa shape index (κ2) is 10.8. The lowest BCUT2D eigenvalue weighted by molar-refractivity contribution is -0.128. The number of thioether (sulfide) groups is 1. The quantitative estimate of drug-likeness (QED) is 0.366. The number of carbonyl (C=O) groups is 1. The molecule has 0 aliphatic carbocycles. The number of carbonyl (C=O) groups excluding carboxylic acids is 1. The standard InChI is InChI=1S/C22H17ClFN5O2S/c23-17-13-15(7-8-18(17)24)29-21(31)16-5-1-2-6-19(16)27-22(29)32-14-20(30)28(11-3-9-25)12-4-10-26/h1-2,5-8,13H,3-4,11-12,14H2. The van der Waals surface area contributed by atoms with Gasteiger partial charge in [-0.3, -0.25) is 14.2 Å². The van der Waals surface area contributed by atoms with Crippen molar-refractivity contribution in [2.75, 3.05) is 18.8 Å². The zero-order valence-corrected chi connectivity index (χ0v) is 18.4. The summed E-state index contributed by atoms with van der Waals surface area (Å²) in [5.41, 5.74) is 0.405. The van der Waals surface area contributed by atoms with Crippen LogP contribution >= 0.6 is 23.4 Å². The molecule has 3 rings (SSSR count). The minimum atomic E-state index is -0.618. The van der Waals surface area contributed by atoms with Crippen molar-refractivity contribution in [1.82, 2.24) is 14.5 Å². The molecule has 162 valence electrons. The molecule has 0 bridgehead atoms. The predicted molar refractivity (Wildman–Crippen MR) is 120 cm³/mol. The highest BCUT2D eigenvalue weighted by Crippen LogP contribution is 2.24. The topological polar surface area (TPSA) is 103 Å². The Hall–Kier alpha value is -3.40. The first kappa shape index (κ1) is 23.3. The van der Waals surface area contributed by atoms with Crippen LogP contribution in [0.5, 0.6) is 0 Å². The Morgan fingerprint density at radius 1 is 1.16 bits per heavy atom. The maximum atomic E-state index is 13.7. The molecule has 32 heavy (non-hydrogen) atoms. The third-order valence-electron chi connectivity index (χ3n) is 4.57. The number of benzene rings is 2. The summed E-state index contributed by atoms with van der Waals surface area (Å²) in [6, 6.07) is 14.7. The number of fused-ring (bicyclic) bond motifs is 1. The summed E-state index contributed by atoms with van der Waals surface area (Å²) in [5, 5.41) is 18.1. The lowest BCUT2D eigenvalue weighted by Crippen LogP contribution is -2.34. The van der Waals surface area contributed by atoms with Gasteiger partial charge in [0.05, 0.1) is 52.3 Å². The molecule has 1 aromatic heterocycles. The van der Waals surface area contributed by atoms with Gasteiger partial charge in [-0.25, -0.2) is 9.37 Å². The monoisotopic (exact) mass is 469 g/mol. The molecule has 2 aromatic carbocycles. The molecule has 1 amide bonds. The van der Waals surface area contributed by atoms with Gasteiger partial charge in [0.15, 0.2) is 5.16 Å². The predicted octanol–water partition coefficient (Wildman–Crippen LogP) is 3.93. The molecule has 0 unspecified atom stereocenters. The fraction of sp³-hybridized carbons (Fsp3) is 0.227. The smallest absolute Gasteiger partial charge is 0.266 e. The van der Waals surface area contributed by atoms with Crippen molar-refractivity contribution in [3.8, 4) is 17.8 Å². The van der Waals surface area contributed by atoms with Crippen LogP contribution in [0.25, 0.3) is 16.6 Å². The van der Waals surface area contributed by atoms with Crippen molar-refractivity contribution >= 4 is 40.2 Å². The third-order valence-corrected chi connectivity index (χ3v) is 5.78. The summed E-state index contributed by atoms with van der Waals surface area (Å²) in [7, 11) is 0. The highest BCUT2D eigenvalue weighted by Gasteiger charge is 2.18. The zero-order valence-electron chi connectivity index (χ0n) is 16.8. The van der Waals surface area contributed by atoms with E-state index in [0.29, 0.717) is 16.6 Å². The van der Waals surface area contributed by atoms with E-state index in [-0.39, 0.29) is 53.3 Å². The van der Waals surface area contributed by atoms with E-state index in [2.05, 4.69) is 4.98 Å².